The number of hydrogen-bond donors (Lipinski definition) is 1. The Balaban J connectivity index is 1.78. The van der Waals surface area contributed by atoms with E-state index in [9.17, 15) is 18.8 Å². The van der Waals surface area contributed by atoms with E-state index in [0.29, 0.717) is 16.9 Å². The molecule has 1 atom stereocenters. The first-order valence-electron chi connectivity index (χ1n) is 9.32. The molecule has 0 unspecified atom stereocenters. The number of benzene rings is 2. The van der Waals surface area contributed by atoms with Gasteiger partial charge in [0, 0.05) is 7.05 Å². The van der Waals surface area contributed by atoms with Crippen LogP contribution >= 0.6 is 0 Å². The summed E-state index contributed by atoms with van der Waals surface area (Å²) in [5, 5.41) is 2.54. The third-order valence-electron chi connectivity index (χ3n) is 4.86. The lowest BCUT2D eigenvalue weighted by atomic mass is 10.1. The minimum absolute atomic E-state index is 0.0000694. The molecule has 0 saturated carbocycles. The van der Waals surface area contributed by atoms with Crippen molar-refractivity contribution < 1.29 is 18.7 Å². The number of aryl methyl sites for hydroxylation is 1. The number of carbonyl (C=O) groups is 2. The summed E-state index contributed by atoms with van der Waals surface area (Å²) < 4.78 is 21.9. The lowest BCUT2D eigenvalue weighted by Gasteiger charge is -2.13. The zero-order chi connectivity index (χ0) is 22.0. The van der Waals surface area contributed by atoms with Crippen molar-refractivity contribution in [3.63, 3.8) is 0 Å². The lowest BCUT2D eigenvalue weighted by Crippen LogP contribution is -2.32. The number of nitrogens with zero attached hydrogens (tertiary/aromatic N) is 2. The highest BCUT2D eigenvalue weighted by Crippen LogP contribution is 2.15. The first kappa shape index (κ1) is 21.0. The number of aromatic nitrogens is 2. The SMILES string of the molecule is Cc1ccc(C(=O)O[C@@H](C)C(=O)Nc2c(C)n(C)n(-c3ccccc3)c2=O)cc1F. The van der Waals surface area contributed by atoms with Gasteiger partial charge < -0.3 is 10.1 Å². The van der Waals surface area contributed by atoms with Gasteiger partial charge in [0.25, 0.3) is 11.5 Å². The van der Waals surface area contributed by atoms with Gasteiger partial charge in [-0.05, 0) is 50.6 Å². The summed E-state index contributed by atoms with van der Waals surface area (Å²) in [6, 6.07) is 12.9. The van der Waals surface area contributed by atoms with Crippen molar-refractivity contribution in [1.29, 1.82) is 0 Å². The molecule has 1 N–H and O–H groups in total. The molecular formula is C22H22FN3O4. The molecule has 0 aliphatic carbocycles. The van der Waals surface area contributed by atoms with E-state index in [1.54, 1.807) is 49.8 Å². The molecule has 0 aliphatic rings. The standard InChI is InChI=1S/C22H22FN3O4/c1-13-10-11-16(12-18(13)23)22(29)30-15(3)20(27)24-19-14(2)25(4)26(21(19)28)17-8-6-5-7-9-17/h5-12,15H,1-4H3,(H,24,27)/t15-/m0/s1. The van der Waals surface area contributed by atoms with Crippen molar-refractivity contribution >= 4 is 17.6 Å². The smallest absolute Gasteiger partial charge is 0.339 e. The van der Waals surface area contributed by atoms with Crippen LogP contribution in [0.1, 0.15) is 28.5 Å². The molecule has 30 heavy (non-hydrogen) atoms. The van der Waals surface area contributed by atoms with Gasteiger partial charge in [0.15, 0.2) is 6.10 Å². The number of hydrogen-bond acceptors (Lipinski definition) is 4. The van der Waals surface area contributed by atoms with E-state index in [1.807, 2.05) is 6.07 Å². The Labute approximate surface area is 172 Å². The summed E-state index contributed by atoms with van der Waals surface area (Å²) >= 11 is 0. The molecule has 0 fully saturated rings. The molecule has 0 bridgehead atoms. The van der Waals surface area contributed by atoms with E-state index >= 15 is 0 Å². The van der Waals surface area contributed by atoms with Gasteiger partial charge in [-0.15, -0.1) is 0 Å². The summed E-state index contributed by atoms with van der Waals surface area (Å²) in [6.07, 6.45) is -1.19. The third-order valence-corrected chi connectivity index (χ3v) is 4.86. The summed E-state index contributed by atoms with van der Waals surface area (Å²) in [5.41, 5.74) is 1.27. The second kappa shape index (κ2) is 8.36. The second-order valence-corrected chi connectivity index (χ2v) is 6.94. The van der Waals surface area contributed by atoms with Crippen LogP contribution in [0, 0.1) is 19.7 Å². The molecule has 1 amide bonds. The van der Waals surface area contributed by atoms with E-state index < -0.39 is 29.4 Å². The number of rotatable bonds is 5. The number of carbonyl (C=O) groups excluding carboxylic acids is 2. The minimum atomic E-state index is -1.19. The molecular weight excluding hydrogens is 389 g/mol. The number of ether oxygens (including phenoxy) is 1. The van der Waals surface area contributed by atoms with Crippen molar-refractivity contribution in [2.75, 3.05) is 5.32 Å². The Bertz CT molecular complexity index is 1170. The summed E-state index contributed by atoms with van der Waals surface area (Å²) in [5.74, 6) is -2.03. The minimum Gasteiger partial charge on any atom is -0.449 e. The van der Waals surface area contributed by atoms with Gasteiger partial charge in [0.1, 0.15) is 11.5 Å². The number of anilines is 1. The van der Waals surface area contributed by atoms with Crippen LogP contribution in [0.25, 0.3) is 5.69 Å². The molecule has 0 saturated heterocycles. The third kappa shape index (κ3) is 4.03. The van der Waals surface area contributed by atoms with E-state index in [-0.39, 0.29) is 11.3 Å². The number of halogens is 1. The number of esters is 1. The largest absolute Gasteiger partial charge is 0.449 e. The first-order chi connectivity index (χ1) is 14.2. The Morgan fingerprint density at radius 2 is 1.77 bits per heavy atom. The van der Waals surface area contributed by atoms with Crippen molar-refractivity contribution in [2.45, 2.75) is 26.9 Å². The van der Waals surface area contributed by atoms with E-state index in [1.165, 1.54) is 23.7 Å². The van der Waals surface area contributed by atoms with Gasteiger partial charge in [0.05, 0.1) is 16.9 Å². The molecule has 0 spiro atoms. The Morgan fingerprint density at radius 1 is 1.10 bits per heavy atom. The van der Waals surface area contributed by atoms with E-state index in [4.69, 9.17) is 4.74 Å². The van der Waals surface area contributed by atoms with Gasteiger partial charge in [-0.25, -0.2) is 13.9 Å². The predicted molar refractivity (Wildman–Crippen MR) is 110 cm³/mol. The van der Waals surface area contributed by atoms with E-state index in [2.05, 4.69) is 5.32 Å². The number of nitrogens with one attached hydrogen (secondary N) is 1. The van der Waals surface area contributed by atoms with Gasteiger partial charge >= 0.3 is 5.97 Å². The van der Waals surface area contributed by atoms with Crippen LogP contribution in [-0.4, -0.2) is 27.3 Å². The van der Waals surface area contributed by atoms with Crippen LogP contribution < -0.4 is 10.9 Å². The summed E-state index contributed by atoms with van der Waals surface area (Å²) in [7, 11) is 1.70. The van der Waals surface area contributed by atoms with E-state index in [0.717, 1.165) is 6.07 Å². The lowest BCUT2D eigenvalue weighted by molar-refractivity contribution is -0.123. The fourth-order valence-electron chi connectivity index (χ4n) is 2.94. The fourth-order valence-corrected chi connectivity index (χ4v) is 2.94. The zero-order valence-corrected chi connectivity index (χ0v) is 17.1. The Kier molecular flexibility index (Phi) is 5.86. The predicted octanol–water partition coefficient (Wildman–Crippen LogP) is 3.12. The molecule has 1 aromatic heterocycles. The average molecular weight is 411 g/mol. The maximum atomic E-state index is 13.7. The maximum Gasteiger partial charge on any atom is 0.339 e. The van der Waals surface area contributed by atoms with Gasteiger partial charge in [-0.3, -0.25) is 14.3 Å². The highest BCUT2D eigenvalue weighted by atomic mass is 19.1. The van der Waals surface area contributed by atoms with Crippen molar-refractivity contribution in [3.05, 3.63) is 81.5 Å². The number of para-hydroxylation sites is 1. The van der Waals surface area contributed by atoms with Crippen molar-refractivity contribution in [2.24, 2.45) is 7.05 Å². The van der Waals surface area contributed by atoms with Gasteiger partial charge in [-0.2, -0.15) is 0 Å². The van der Waals surface area contributed by atoms with Crippen LogP contribution in [0.3, 0.4) is 0 Å². The Morgan fingerprint density at radius 3 is 2.40 bits per heavy atom. The fraction of sp³-hybridized carbons (Fsp3) is 0.227. The summed E-state index contributed by atoms with van der Waals surface area (Å²) in [4.78, 5) is 37.6. The molecule has 7 nitrogen and oxygen atoms in total. The van der Waals surface area contributed by atoms with Crippen LogP contribution in [-0.2, 0) is 16.6 Å². The number of amides is 1. The highest BCUT2D eigenvalue weighted by Gasteiger charge is 2.23. The van der Waals surface area contributed by atoms with Crippen LogP contribution in [0.4, 0.5) is 10.1 Å². The zero-order valence-electron chi connectivity index (χ0n) is 17.1. The van der Waals surface area contributed by atoms with Crippen molar-refractivity contribution in [1.82, 2.24) is 9.36 Å². The molecule has 8 heteroatoms. The molecule has 0 aliphatic heterocycles. The monoisotopic (exact) mass is 411 g/mol. The summed E-state index contributed by atoms with van der Waals surface area (Å²) in [6.45, 7) is 4.65. The molecule has 0 radical (unpaired) electrons. The molecule has 2 aromatic carbocycles. The van der Waals surface area contributed by atoms with Gasteiger partial charge in [-0.1, -0.05) is 24.3 Å². The van der Waals surface area contributed by atoms with Crippen LogP contribution in [0.5, 0.6) is 0 Å². The van der Waals surface area contributed by atoms with Crippen molar-refractivity contribution in [3.8, 4) is 5.69 Å². The second-order valence-electron chi connectivity index (χ2n) is 6.94. The van der Waals surface area contributed by atoms with Crippen LogP contribution in [0.2, 0.25) is 0 Å². The first-order valence-corrected chi connectivity index (χ1v) is 9.32. The normalized spacial score (nSPS) is 11.8. The average Bonchev–Trinajstić information content (AvgIpc) is 2.93. The topological polar surface area (TPSA) is 82.3 Å². The highest BCUT2D eigenvalue weighted by molar-refractivity contribution is 5.97. The molecule has 3 aromatic rings. The van der Waals surface area contributed by atoms with Gasteiger partial charge in [0.2, 0.25) is 0 Å². The molecule has 1 heterocycles. The quantitative estimate of drug-likeness (QED) is 0.654. The maximum absolute atomic E-state index is 13.7. The molecule has 3 rings (SSSR count). The Hall–Kier alpha value is -3.68. The van der Waals surface area contributed by atoms with Crippen LogP contribution in [0.15, 0.2) is 53.3 Å². The molecule has 156 valence electrons.